The van der Waals surface area contributed by atoms with Crippen LogP contribution in [0.5, 0.6) is 0 Å². The number of allylic oxidation sites excluding steroid dienone is 1. The molecule has 3 heterocycles. The first-order chi connectivity index (χ1) is 15.5. The van der Waals surface area contributed by atoms with Gasteiger partial charge in [0.25, 0.3) is 5.56 Å². The van der Waals surface area contributed by atoms with Gasteiger partial charge in [-0.05, 0) is 19.4 Å². The average molecular weight is 438 g/mol. The first-order valence-electron chi connectivity index (χ1n) is 10.5. The van der Waals surface area contributed by atoms with Gasteiger partial charge in [-0.1, -0.05) is 42.5 Å². The van der Waals surface area contributed by atoms with Gasteiger partial charge in [0.2, 0.25) is 5.78 Å². The number of benzene rings is 1. The Morgan fingerprint density at radius 2 is 1.81 bits per heavy atom. The van der Waals surface area contributed by atoms with Crippen LogP contribution in [0.15, 0.2) is 46.0 Å². The molecule has 32 heavy (non-hydrogen) atoms. The van der Waals surface area contributed by atoms with Crippen molar-refractivity contribution in [3.63, 3.8) is 0 Å². The number of aliphatic hydroxyl groups is 1. The Bertz CT molecular complexity index is 1410. The zero-order valence-corrected chi connectivity index (χ0v) is 18.5. The molecule has 9 nitrogen and oxygen atoms in total. The first kappa shape index (κ1) is 21.8. The van der Waals surface area contributed by atoms with E-state index in [4.69, 9.17) is 9.84 Å². The maximum absolute atomic E-state index is 13.4. The normalized spacial score (nSPS) is 12.0. The zero-order valence-electron chi connectivity index (χ0n) is 18.5. The van der Waals surface area contributed by atoms with Crippen molar-refractivity contribution in [1.29, 1.82) is 0 Å². The summed E-state index contributed by atoms with van der Waals surface area (Å²) in [5.41, 5.74) is 2.80. The van der Waals surface area contributed by atoms with E-state index in [2.05, 4.69) is 4.98 Å². The number of rotatable bonds is 8. The van der Waals surface area contributed by atoms with Gasteiger partial charge in [0, 0.05) is 31.5 Å². The number of aryl methyl sites for hydroxylation is 2. The number of aliphatic hydroxyl groups excluding tert-OH is 1. The number of aromatic nitrogens is 5. The van der Waals surface area contributed by atoms with Gasteiger partial charge in [-0.3, -0.25) is 18.3 Å². The molecule has 0 aliphatic heterocycles. The minimum atomic E-state index is -0.409. The Hall–Kier alpha value is -3.43. The molecule has 4 rings (SSSR count). The molecule has 0 amide bonds. The summed E-state index contributed by atoms with van der Waals surface area (Å²) in [6.45, 7) is 5.21. The van der Waals surface area contributed by atoms with Gasteiger partial charge in [-0.2, -0.15) is 4.98 Å². The highest BCUT2D eigenvalue weighted by Crippen LogP contribution is 2.20. The molecule has 1 N–H and O–H groups in total. The summed E-state index contributed by atoms with van der Waals surface area (Å²) in [6, 6.07) is 9.72. The SMILES string of the molecule is Cc1c(C)n2c3c(=O)n(C/C=C\c4ccccc4)c(=O)n(C)c3nc2n1CCOCCO. The van der Waals surface area contributed by atoms with Crippen molar-refractivity contribution in [2.45, 2.75) is 26.9 Å². The molecule has 0 bridgehead atoms. The van der Waals surface area contributed by atoms with Gasteiger partial charge in [0.05, 0.1) is 19.8 Å². The lowest BCUT2D eigenvalue weighted by Gasteiger charge is -2.07. The highest BCUT2D eigenvalue weighted by Gasteiger charge is 2.22. The van der Waals surface area contributed by atoms with Crippen molar-refractivity contribution in [2.24, 2.45) is 7.05 Å². The summed E-state index contributed by atoms with van der Waals surface area (Å²) in [7, 11) is 1.63. The number of nitrogens with zero attached hydrogens (tertiary/aromatic N) is 5. The van der Waals surface area contributed by atoms with Crippen molar-refractivity contribution in [1.82, 2.24) is 23.1 Å². The van der Waals surface area contributed by atoms with Crippen molar-refractivity contribution >= 4 is 23.0 Å². The third kappa shape index (κ3) is 3.69. The standard InChI is InChI=1S/C23H27N5O4/c1-16-17(2)28-19-20(24-22(28)26(16)12-14-32-15-13-29)25(3)23(31)27(21(19)30)11-7-10-18-8-5-4-6-9-18/h4-10,29H,11-15H2,1-3H3/b10-7-. The van der Waals surface area contributed by atoms with Crippen molar-refractivity contribution < 1.29 is 9.84 Å². The Balaban J connectivity index is 1.81. The van der Waals surface area contributed by atoms with Gasteiger partial charge in [-0.25, -0.2) is 4.79 Å². The number of imidazole rings is 2. The van der Waals surface area contributed by atoms with E-state index >= 15 is 0 Å². The molecule has 0 aliphatic carbocycles. The van der Waals surface area contributed by atoms with Gasteiger partial charge >= 0.3 is 5.69 Å². The highest BCUT2D eigenvalue weighted by molar-refractivity contribution is 5.76. The van der Waals surface area contributed by atoms with E-state index < -0.39 is 5.69 Å². The number of hydrogen-bond acceptors (Lipinski definition) is 5. The van der Waals surface area contributed by atoms with Gasteiger partial charge < -0.3 is 14.4 Å². The predicted molar refractivity (Wildman–Crippen MR) is 123 cm³/mol. The summed E-state index contributed by atoms with van der Waals surface area (Å²) in [6.07, 6.45) is 3.70. The van der Waals surface area contributed by atoms with Crippen LogP contribution in [0.3, 0.4) is 0 Å². The van der Waals surface area contributed by atoms with Crippen LogP contribution in [-0.2, 0) is 24.9 Å². The minimum absolute atomic E-state index is 0.0350. The van der Waals surface area contributed by atoms with Gasteiger partial charge in [0.1, 0.15) is 0 Å². The third-order valence-electron chi connectivity index (χ3n) is 5.72. The molecule has 3 aromatic heterocycles. The van der Waals surface area contributed by atoms with Crippen LogP contribution in [0, 0.1) is 13.8 Å². The second-order valence-corrected chi connectivity index (χ2v) is 7.65. The first-order valence-corrected chi connectivity index (χ1v) is 10.5. The molecule has 1 aromatic carbocycles. The third-order valence-corrected chi connectivity index (χ3v) is 5.72. The molecule has 0 unspecified atom stereocenters. The monoisotopic (exact) mass is 437 g/mol. The topological polar surface area (TPSA) is 95.7 Å². The fourth-order valence-electron chi connectivity index (χ4n) is 3.92. The van der Waals surface area contributed by atoms with Crippen molar-refractivity contribution in [2.75, 3.05) is 19.8 Å². The lowest BCUT2D eigenvalue weighted by molar-refractivity contribution is 0.0872. The van der Waals surface area contributed by atoms with E-state index in [9.17, 15) is 9.59 Å². The van der Waals surface area contributed by atoms with Crippen LogP contribution in [0.1, 0.15) is 17.0 Å². The fraction of sp³-hybridized carbons (Fsp3) is 0.348. The summed E-state index contributed by atoms with van der Waals surface area (Å²) in [5, 5.41) is 8.91. The van der Waals surface area contributed by atoms with E-state index in [1.165, 1.54) is 9.13 Å². The zero-order chi connectivity index (χ0) is 22.8. The molecular formula is C23H27N5O4. The fourth-order valence-corrected chi connectivity index (χ4v) is 3.92. The molecule has 0 saturated heterocycles. The molecule has 4 aromatic rings. The minimum Gasteiger partial charge on any atom is -0.394 e. The molecular weight excluding hydrogens is 410 g/mol. The molecule has 0 radical (unpaired) electrons. The molecule has 168 valence electrons. The number of ether oxygens (including phenoxy) is 1. The van der Waals surface area contributed by atoms with Crippen LogP contribution < -0.4 is 11.2 Å². The Kier molecular flexibility index (Phi) is 6.11. The van der Waals surface area contributed by atoms with E-state index in [1.54, 1.807) is 7.05 Å². The van der Waals surface area contributed by atoms with Crippen molar-refractivity contribution in [3.05, 3.63) is 74.2 Å². The second-order valence-electron chi connectivity index (χ2n) is 7.65. The molecule has 9 heteroatoms. The maximum atomic E-state index is 13.4. The lowest BCUT2D eigenvalue weighted by atomic mass is 10.2. The average Bonchev–Trinajstić information content (AvgIpc) is 3.29. The van der Waals surface area contributed by atoms with Crippen LogP contribution in [0.2, 0.25) is 0 Å². The molecule has 0 aliphatic rings. The Labute approximate surface area is 184 Å². The van der Waals surface area contributed by atoms with E-state index in [0.29, 0.717) is 30.1 Å². The molecule has 0 saturated carbocycles. The van der Waals surface area contributed by atoms with Gasteiger partial charge in [-0.15, -0.1) is 0 Å². The Morgan fingerprint density at radius 3 is 2.53 bits per heavy atom. The van der Waals surface area contributed by atoms with E-state index in [-0.39, 0.29) is 25.3 Å². The smallest absolute Gasteiger partial charge is 0.332 e. The van der Waals surface area contributed by atoms with Crippen LogP contribution in [-0.4, -0.2) is 48.0 Å². The van der Waals surface area contributed by atoms with E-state index in [0.717, 1.165) is 17.0 Å². The molecule has 0 spiro atoms. The van der Waals surface area contributed by atoms with Gasteiger partial charge in [0.15, 0.2) is 11.2 Å². The number of hydrogen-bond donors (Lipinski definition) is 1. The molecule has 0 fully saturated rings. The van der Waals surface area contributed by atoms with Crippen molar-refractivity contribution in [3.8, 4) is 0 Å². The van der Waals surface area contributed by atoms with Crippen LogP contribution in [0.25, 0.3) is 23.0 Å². The second kappa shape index (κ2) is 8.97. The number of fused-ring (bicyclic) bond motifs is 3. The summed E-state index contributed by atoms with van der Waals surface area (Å²) in [5.74, 6) is 0.590. The quantitative estimate of drug-likeness (QED) is 0.422. The van der Waals surface area contributed by atoms with Crippen LogP contribution >= 0.6 is 0 Å². The lowest BCUT2D eigenvalue weighted by Crippen LogP contribution is -2.39. The summed E-state index contributed by atoms with van der Waals surface area (Å²) in [4.78, 5) is 30.9. The van der Waals surface area contributed by atoms with Crippen LogP contribution in [0.4, 0.5) is 0 Å². The van der Waals surface area contributed by atoms with E-state index in [1.807, 2.05) is 65.3 Å². The highest BCUT2D eigenvalue weighted by atomic mass is 16.5. The Morgan fingerprint density at radius 1 is 1.06 bits per heavy atom. The summed E-state index contributed by atoms with van der Waals surface area (Å²) < 4.78 is 11.8. The summed E-state index contributed by atoms with van der Waals surface area (Å²) >= 11 is 0. The molecule has 0 atom stereocenters. The maximum Gasteiger partial charge on any atom is 0.332 e. The predicted octanol–water partition coefficient (Wildman–Crippen LogP) is 1.49. The largest absolute Gasteiger partial charge is 0.394 e.